The van der Waals surface area contributed by atoms with Crippen molar-refractivity contribution in [1.29, 1.82) is 0 Å². The smallest absolute Gasteiger partial charge is 0.147 e. The van der Waals surface area contributed by atoms with E-state index >= 15 is 0 Å². The molecule has 1 N–H and O–H groups in total. The normalized spacial score (nSPS) is 32.8. The highest BCUT2D eigenvalue weighted by molar-refractivity contribution is 6.33. The summed E-state index contributed by atoms with van der Waals surface area (Å²) in [5.74, 6) is 0.177. The Kier molecular flexibility index (Phi) is 2.79. The third-order valence-corrected chi connectivity index (χ3v) is 4.68. The molecule has 0 aromatic heterocycles. The molecule has 1 saturated heterocycles. The molecule has 3 rings (SSSR count). The van der Waals surface area contributed by atoms with Crippen LogP contribution < -0.4 is 5.32 Å². The molecule has 1 saturated carbocycles. The molecule has 2 fully saturated rings. The van der Waals surface area contributed by atoms with Gasteiger partial charge in [0.2, 0.25) is 0 Å². The molecule has 3 unspecified atom stereocenters. The van der Waals surface area contributed by atoms with Crippen molar-refractivity contribution in [3.05, 3.63) is 29.0 Å². The van der Waals surface area contributed by atoms with Gasteiger partial charge >= 0.3 is 0 Å². The van der Waals surface area contributed by atoms with E-state index in [0.29, 0.717) is 22.7 Å². The summed E-state index contributed by atoms with van der Waals surface area (Å²) in [4.78, 5) is 0. The molecule has 3 atom stereocenters. The Morgan fingerprint density at radius 1 is 1.44 bits per heavy atom. The van der Waals surface area contributed by atoms with Crippen LogP contribution in [0.5, 0.6) is 0 Å². The predicted octanol–water partition coefficient (Wildman–Crippen LogP) is 3.70. The average molecular weight is 270 g/mol. The fraction of sp³-hybridized carbons (Fsp3) is 0.571. The molecule has 2 aliphatic rings. The molecular formula is C14H17ClFNO. The Balaban J connectivity index is 1.85. The van der Waals surface area contributed by atoms with E-state index in [0.717, 1.165) is 13.0 Å². The standard InChI is InChI=1S/C14H17ClFNO/c1-14(2)12(8-6-7-18-13(8)14)17-11-9(15)4-3-5-10(11)16/h3-5,8,12-13,17H,6-7H2,1-2H3. The van der Waals surface area contributed by atoms with Crippen molar-refractivity contribution in [2.24, 2.45) is 11.3 Å². The van der Waals surface area contributed by atoms with Gasteiger partial charge in [-0.1, -0.05) is 31.5 Å². The number of fused-ring (bicyclic) bond motifs is 1. The van der Waals surface area contributed by atoms with Crippen molar-refractivity contribution in [3.63, 3.8) is 0 Å². The Hall–Kier alpha value is -0.800. The predicted molar refractivity (Wildman–Crippen MR) is 70.4 cm³/mol. The van der Waals surface area contributed by atoms with E-state index < -0.39 is 0 Å². The lowest BCUT2D eigenvalue weighted by Crippen LogP contribution is -2.63. The number of hydrogen-bond donors (Lipinski definition) is 1. The number of para-hydroxylation sites is 1. The van der Waals surface area contributed by atoms with Crippen LogP contribution in [0.15, 0.2) is 18.2 Å². The molecule has 18 heavy (non-hydrogen) atoms. The molecule has 1 aromatic carbocycles. The second-order valence-electron chi connectivity index (χ2n) is 5.78. The van der Waals surface area contributed by atoms with Gasteiger partial charge in [0, 0.05) is 24.0 Å². The van der Waals surface area contributed by atoms with E-state index in [4.69, 9.17) is 16.3 Å². The van der Waals surface area contributed by atoms with Crippen LogP contribution in [0.1, 0.15) is 20.3 Å². The lowest BCUT2D eigenvalue weighted by atomic mass is 9.57. The first-order valence-corrected chi connectivity index (χ1v) is 6.72. The Bertz CT molecular complexity index is 457. The zero-order chi connectivity index (χ0) is 12.9. The highest BCUT2D eigenvalue weighted by Gasteiger charge is 2.59. The van der Waals surface area contributed by atoms with E-state index in [1.165, 1.54) is 6.07 Å². The maximum atomic E-state index is 13.8. The highest BCUT2D eigenvalue weighted by Crippen LogP contribution is 2.53. The van der Waals surface area contributed by atoms with Crippen molar-refractivity contribution in [1.82, 2.24) is 0 Å². The third kappa shape index (κ3) is 1.64. The van der Waals surface area contributed by atoms with Gasteiger partial charge in [-0.15, -0.1) is 0 Å². The monoisotopic (exact) mass is 269 g/mol. The van der Waals surface area contributed by atoms with Gasteiger partial charge in [0.1, 0.15) is 5.82 Å². The van der Waals surface area contributed by atoms with Crippen LogP contribution in [0.25, 0.3) is 0 Å². The van der Waals surface area contributed by atoms with Gasteiger partial charge in [-0.3, -0.25) is 0 Å². The number of hydrogen-bond acceptors (Lipinski definition) is 2. The van der Waals surface area contributed by atoms with Crippen LogP contribution in [0, 0.1) is 17.2 Å². The summed E-state index contributed by atoms with van der Waals surface area (Å²) in [6, 6.07) is 4.99. The maximum absolute atomic E-state index is 13.8. The van der Waals surface area contributed by atoms with Crippen LogP contribution in [-0.4, -0.2) is 18.8 Å². The van der Waals surface area contributed by atoms with Crippen molar-refractivity contribution < 1.29 is 9.13 Å². The molecule has 2 nitrogen and oxygen atoms in total. The summed E-state index contributed by atoms with van der Waals surface area (Å²) >= 11 is 6.06. The zero-order valence-corrected chi connectivity index (χ0v) is 11.3. The van der Waals surface area contributed by atoms with E-state index in [-0.39, 0.29) is 17.3 Å². The van der Waals surface area contributed by atoms with Gasteiger partial charge in [0.05, 0.1) is 16.8 Å². The van der Waals surface area contributed by atoms with Crippen LogP contribution in [0.4, 0.5) is 10.1 Å². The van der Waals surface area contributed by atoms with E-state index in [9.17, 15) is 4.39 Å². The largest absolute Gasteiger partial charge is 0.378 e. The topological polar surface area (TPSA) is 21.3 Å². The minimum absolute atomic E-state index is 0.0206. The molecule has 0 spiro atoms. The number of halogens is 2. The first-order chi connectivity index (χ1) is 8.51. The van der Waals surface area contributed by atoms with Crippen LogP contribution >= 0.6 is 11.6 Å². The minimum atomic E-state index is -0.291. The molecule has 0 radical (unpaired) electrons. The van der Waals surface area contributed by atoms with Crippen LogP contribution in [0.3, 0.4) is 0 Å². The van der Waals surface area contributed by atoms with E-state index in [2.05, 4.69) is 19.2 Å². The van der Waals surface area contributed by atoms with E-state index in [1.807, 2.05) is 0 Å². The summed E-state index contributed by atoms with van der Waals surface area (Å²) in [5.41, 5.74) is 0.440. The summed E-state index contributed by atoms with van der Waals surface area (Å²) in [6.07, 6.45) is 1.33. The number of anilines is 1. The first kappa shape index (κ1) is 12.2. The number of nitrogens with one attached hydrogen (secondary N) is 1. The van der Waals surface area contributed by atoms with Crippen molar-refractivity contribution >= 4 is 17.3 Å². The zero-order valence-electron chi connectivity index (χ0n) is 10.5. The molecule has 1 aliphatic carbocycles. The van der Waals surface area contributed by atoms with E-state index in [1.54, 1.807) is 12.1 Å². The summed E-state index contributed by atoms with van der Waals surface area (Å²) < 4.78 is 19.5. The summed E-state index contributed by atoms with van der Waals surface area (Å²) in [5, 5.41) is 3.73. The molecule has 4 heteroatoms. The third-order valence-electron chi connectivity index (χ3n) is 4.36. The average Bonchev–Trinajstić information content (AvgIpc) is 2.75. The van der Waals surface area contributed by atoms with Gasteiger partial charge in [0.25, 0.3) is 0 Å². The van der Waals surface area contributed by atoms with Gasteiger partial charge in [-0.25, -0.2) is 4.39 Å². The highest BCUT2D eigenvalue weighted by atomic mass is 35.5. The van der Waals surface area contributed by atoms with Crippen LogP contribution in [0.2, 0.25) is 5.02 Å². The van der Waals surface area contributed by atoms with Gasteiger partial charge in [-0.05, 0) is 18.6 Å². The Labute approximate surface area is 111 Å². The second-order valence-corrected chi connectivity index (χ2v) is 6.19. The summed E-state index contributed by atoms with van der Waals surface area (Å²) in [6.45, 7) is 5.12. The maximum Gasteiger partial charge on any atom is 0.147 e. The quantitative estimate of drug-likeness (QED) is 0.884. The second kappa shape index (κ2) is 4.10. The molecular weight excluding hydrogens is 253 g/mol. The molecule has 1 aliphatic heterocycles. The lowest BCUT2D eigenvalue weighted by Gasteiger charge is -2.55. The molecule has 1 heterocycles. The fourth-order valence-electron chi connectivity index (χ4n) is 3.41. The molecule has 0 amide bonds. The Morgan fingerprint density at radius 2 is 2.22 bits per heavy atom. The van der Waals surface area contributed by atoms with Crippen LogP contribution in [-0.2, 0) is 4.74 Å². The van der Waals surface area contributed by atoms with Crippen molar-refractivity contribution in [2.75, 3.05) is 11.9 Å². The fourth-order valence-corrected chi connectivity index (χ4v) is 3.63. The van der Waals surface area contributed by atoms with Gasteiger partial charge in [0.15, 0.2) is 0 Å². The van der Waals surface area contributed by atoms with Gasteiger partial charge < -0.3 is 10.1 Å². The van der Waals surface area contributed by atoms with Gasteiger partial charge in [-0.2, -0.15) is 0 Å². The Morgan fingerprint density at radius 3 is 2.94 bits per heavy atom. The number of benzene rings is 1. The number of ether oxygens (including phenoxy) is 1. The minimum Gasteiger partial charge on any atom is -0.378 e. The molecule has 98 valence electrons. The molecule has 1 aromatic rings. The SMILES string of the molecule is CC1(C)C(Nc2c(F)cccc2Cl)C2CCOC21. The first-order valence-electron chi connectivity index (χ1n) is 6.34. The van der Waals surface area contributed by atoms with Crippen molar-refractivity contribution in [3.8, 4) is 0 Å². The lowest BCUT2D eigenvalue weighted by molar-refractivity contribution is -0.0923. The van der Waals surface area contributed by atoms with Crippen molar-refractivity contribution in [2.45, 2.75) is 32.4 Å². The number of rotatable bonds is 2. The summed E-state index contributed by atoms with van der Waals surface area (Å²) in [7, 11) is 0. The molecule has 0 bridgehead atoms.